The molecule has 0 saturated carbocycles. The normalized spacial score (nSPS) is 16.6. The lowest BCUT2D eigenvalue weighted by molar-refractivity contribution is -0.139. The zero-order valence-corrected chi connectivity index (χ0v) is 19.4. The van der Waals surface area contributed by atoms with E-state index in [-0.39, 0.29) is 18.7 Å². The quantitative estimate of drug-likeness (QED) is 0.561. The highest BCUT2D eigenvalue weighted by atomic mass is 19.4. The molecule has 0 aliphatic carbocycles. The Morgan fingerprint density at radius 1 is 1.06 bits per heavy atom. The van der Waals surface area contributed by atoms with Gasteiger partial charge in [-0.1, -0.05) is 42.5 Å². The van der Waals surface area contributed by atoms with Crippen LogP contribution < -0.4 is 5.32 Å². The summed E-state index contributed by atoms with van der Waals surface area (Å²) in [4.78, 5) is 29.4. The second-order valence-corrected chi connectivity index (χ2v) is 7.99. The molecule has 0 unspecified atom stereocenters. The van der Waals surface area contributed by atoms with Crippen molar-refractivity contribution >= 4 is 12.0 Å². The number of carbonyl (C=O) groups is 2. The monoisotopic (exact) mass is 475 g/mol. The zero-order valence-electron chi connectivity index (χ0n) is 19.4. The maximum atomic E-state index is 13.1. The average Bonchev–Trinajstić information content (AvgIpc) is 2.79. The van der Waals surface area contributed by atoms with Crippen LogP contribution in [0.4, 0.5) is 18.0 Å². The predicted molar refractivity (Wildman–Crippen MR) is 122 cm³/mol. The molecule has 1 N–H and O–H groups in total. The molecule has 182 valence electrons. The van der Waals surface area contributed by atoms with Gasteiger partial charge in [0.1, 0.15) is 0 Å². The van der Waals surface area contributed by atoms with Crippen molar-refractivity contribution in [2.75, 3.05) is 26.7 Å². The molecule has 1 aliphatic rings. The number of ether oxygens (including phenoxy) is 1. The van der Waals surface area contributed by atoms with Crippen LogP contribution >= 0.6 is 0 Å². The third-order valence-electron chi connectivity index (χ3n) is 5.54. The highest BCUT2D eigenvalue weighted by molar-refractivity contribution is 5.95. The Morgan fingerprint density at radius 2 is 1.71 bits per heavy atom. The summed E-state index contributed by atoms with van der Waals surface area (Å²) in [6.45, 7) is 4.73. The smallest absolute Gasteiger partial charge is 0.416 e. The van der Waals surface area contributed by atoms with Crippen LogP contribution in [0.2, 0.25) is 0 Å². The summed E-state index contributed by atoms with van der Waals surface area (Å²) in [5.74, 6) is -0.617. The first-order chi connectivity index (χ1) is 16.2. The third-order valence-corrected chi connectivity index (χ3v) is 5.54. The molecule has 0 saturated heterocycles. The van der Waals surface area contributed by atoms with Crippen LogP contribution in [0, 0.1) is 0 Å². The predicted octanol–water partition coefficient (Wildman–Crippen LogP) is 4.74. The van der Waals surface area contributed by atoms with Gasteiger partial charge in [-0.2, -0.15) is 13.2 Å². The first-order valence-corrected chi connectivity index (χ1v) is 11.0. The van der Waals surface area contributed by atoms with Gasteiger partial charge in [0.15, 0.2) is 0 Å². The standard InChI is InChI=1S/C25H28F3N3O3/c1-4-31-20(16-30(3)15-17-9-7-6-8-10-17)21(23(32)34-5-2)22(29-24(31)33)18-11-13-19(14-12-18)25(26,27)28/h6-14,22H,4-5,15-16H2,1-3H3,(H,29,33)/t22-/m0/s1. The van der Waals surface area contributed by atoms with Gasteiger partial charge in [0, 0.05) is 25.3 Å². The van der Waals surface area contributed by atoms with Gasteiger partial charge in [0.25, 0.3) is 0 Å². The largest absolute Gasteiger partial charge is 0.463 e. The van der Waals surface area contributed by atoms with Crippen molar-refractivity contribution in [2.24, 2.45) is 0 Å². The molecule has 1 heterocycles. The SMILES string of the molecule is CCOC(=O)C1=C(CN(C)Cc2ccccc2)N(CC)C(=O)N[C@H]1c1ccc(C(F)(F)F)cc1. The van der Waals surface area contributed by atoms with E-state index in [0.717, 1.165) is 17.7 Å². The molecule has 0 radical (unpaired) electrons. The minimum atomic E-state index is -4.49. The lowest BCUT2D eigenvalue weighted by Crippen LogP contribution is -2.50. The summed E-state index contributed by atoms with van der Waals surface area (Å²) in [5, 5.41) is 2.76. The molecule has 9 heteroatoms. The molecule has 2 aromatic carbocycles. The Balaban J connectivity index is 2.04. The van der Waals surface area contributed by atoms with Crippen LogP contribution in [0.1, 0.15) is 36.6 Å². The van der Waals surface area contributed by atoms with Gasteiger partial charge >= 0.3 is 18.2 Å². The van der Waals surface area contributed by atoms with Crippen LogP contribution in [0.25, 0.3) is 0 Å². The fraction of sp³-hybridized carbons (Fsp3) is 0.360. The Bertz CT molecular complexity index is 1040. The van der Waals surface area contributed by atoms with E-state index in [2.05, 4.69) is 5.32 Å². The summed E-state index contributed by atoms with van der Waals surface area (Å²) in [6.07, 6.45) is -4.49. The number of halogens is 3. The molecule has 34 heavy (non-hydrogen) atoms. The van der Waals surface area contributed by atoms with Crippen LogP contribution in [0.15, 0.2) is 65.9 Å². The van der Waals surface area contributed by atoms with Crippen molar-refractivity contribution < 1.29 is 27.5 Å². The van der Waals surface area contributed by atoms with Crippen LogP contribution in [-0.4, -0.2) is 48.5 Å². The molecular formula is C25H28F3N3O3. The number of hydrogen-bond donors (Lipinski definition) is 1. The molecule has 0 fully saturated rings. The molecule has 0 bridgehead atoms. The summed E-state index contributed by atoms with van der Waals surface area (Å²) < 4.78 is 44.4. The van der Waals surface area contributed by atoms with Gasteiger partial charge in [-0.25, -0.2) is 9.59 Å². The molecular weight excluding hydrogens is 447 g/mol. The lowest BCUT2D eigenvalue weighted by atomic mass is 9.93. The van der Waals surface area contributed by atoms with E-state index in [0.29, 0.717) is 24.4 Å². The Kier molecular flexibility index (Phi) is 7.98. The maximum absolute atomic E-state index is 13.1. The van der Waals surface area contributed by atoms with Gasteiger partial charge in [-0.3, -0.25) is 9.80 Å². The van der Waals surface area contributed by atoms with Gasteiger partial charge in [0.05, 0.1) is 23.8 Å². The highest BCUT2D eigenvalue weighted by Gasteiger charge is 2.38. The number of benzene rings is 2. The fourth-order valence-corrected chi connectivity index (χ4v) is 3.98. The van der Waals surface area contributed by atoms with Crippen molar-refractivity contribution in [3.8, 4) is 0 Å². The van der Waals surface area contributed by atoms with Gasteiger partial charge in [-0.15, -0.1) is 0 Å². The van der Waals surface area contributed by atoms with Crippen molar-refractivity contribution in [1.82, 2.24) is 15.1 Å². The topological polar surface area (TPSA) is 61.9 Å². The number of alkyl halides is 3. The van der Waals surface area contributed by atoms with Gasteiger partial charge in [-0.05, 0) is 44.2 Å². The Hall–Kier alpha value is -3.33. The Morgan fingerprint density at radius 3 is 2.26 bits per heavy atom. The molecule has 2 amide bonds. The number of amides is 2. The molecule has 1 aliphatic heterocycles. The van der Waals surface area contributed by atoms with E-state index in [1.165, 1.54) is 17.0 Å². The van der Waals surface area contributed by atoms with Crippen LogP contribution in [-0.2, 0) is 22.3 Å². The van der Waals surface area contributed by atoms with Gasteiger partial charge in [0.2, 0.25) is 0 Å². The molecule has 3 rings (SSSR count). The van der Waals surface area contributed by atoms with Crippen molar-refractivity contribution in [2.45, 2.75) is 32.6 Å². The molecule has 1 atom stereocenters. The minimum absolute atomic E-state index is 0.120. The minimum Gasteiger partial charge on any atom is -0.463 e. The third kappa shape index (κ3) is 5.77. The molecule has 0 spiro atoms. The van der Waals surface area contributed by atoms with Gasteiger partial charge < -0.3 is 10.1 Å². The van der Waals surface area contributed by atoms with E-state index in [4.69, 9.17) is 4.74 Å². The first-order valence-electron chi connectivity index (χ1n) is 11.0. The number of nitrogens with one attached hydrogen (secondary N) is 1. The second-order valence-electron chi connectivity index (χ2n) is 7.99. The highest BCUT2D eigenvalue weighted by Crippen LogP contribution is 2.34. The van der Waals surface area contributed by atoms with Crippen molar-refractivity contribution in [1.29, 1.82) is 0 Å². The van der Waals surface area contributed by atoms with Crippen LogP contribution in [0.5, 0.6) is 0 Å². The number of hydrogen-bond acceptors (Lipinski definition) is 4. The lowest BCUT2D eigenvalue weighted by Gasteiger charge is -2.37. The molecule has 0 aromatic heterocycles. The van der Waals surface area contributed by atoms with E-state index in [1.54, 1.807) is 13.8 Å². The van der Waals surface area contributed by atoms with E-state index in [1.807, 2.05) is 42.3 Å². The van der Waals surface area contributed by atoms with Crippen molar-refractivity contribution in [3.63, 3.8) is 0 Å². The Labute approximate surface area is 197 Å². The molecule has 6 nitrogen and oxygen atoms in total. The summed E-state index contributed by atoms with van der Waals surface area (Å²) in [5.41, 5.74) is 1.29. The number of nitrogens with zero attached hydrogens (tertiary/aromatic N) is 2. The van der Waals surface area contributed by atoms with Crippen LogP contribution in [0.3, 0.4) is 0 Å². The number of rotatable bonds is 8. The van der Waals surface area contributed by atoms with Crippen molar-refractivity contribution in [3.05, 3.63) is 82.6 Å². The fourth-order valence-electron chi connectivity index (χ4n) is 3.98. The first kappa shape index (κ1) is 25.3. The summed E-state index contributed by atoms with van der Waals surface area (Å²) >= 11 is 0. The zero-order chi connectivity index (χ0) is 24.9. The average molecular weight is 476 g/mol. The summed E-state index contributed by atoms with van der Waals surface area (Å²) in [7, 11) is 1.87. The van der Waals surface area contributed by atoms with E-state index < -0.39 is 29.8 Å². The second kappa shape index (κ2) is 10.7. The number of carbonyl (C=O) groups excluding carboxylic acids is 2. The molecule has 2 aromatic rings. The van der Waals surface area contributed by atoms with E-state index in [9.17, 15) is 22.8 Å². The number of urea groups is 1. The summed E-state index contributed by atoms with van der Waals surface area (Å²) in [6, 6.07) is 12.8. The van der Waals surface area contributed by atoms with E-state index >= 15 is 0 Å². The number of likely N-dealkylation sites (N-methyl/N-ethyl adjacent to an activating group) is 2. The maximum Gasteiger partial charge on any atom is 0.416 e. The number of esters is 1.